The average molecular weight is 208 g/mol. The molecular weight excluding hydrogens is 192 g/mol. The summed E-state index contributed by atoms with van der Waals surface area (Å²) in [5.41, 5.74) is 0. The maximum Gasteiger partial charge on any atom is 0.242 e. The highest BCUT2D eigenvalue weighted by Gasteiger charge is 2.25. The fraction of sp³-hybridized carbons (Fsp3) is 0.545. The Labute approximate surface area is 89.1 Å². The molecule has 15 heavy (non-hydrogen) atoms. The van der Waals surface area contributed by atoms with E-state index in [0.717, 1.165) is 13.0 Å². The van der Waals surface area contributed by atoms with Crippen molar-refractivity contribution >= 4 is 5.91 Å². The molecule has 82 valence electrons. The van der Waals surface area contributed by atoms with Crippen molar-refractivity contribution in [2.45, 2.75) is 13.0 Å². The molecular formula is C11H16N2O2. The van der Waals surface area contributed by atoms with Crippen LogP contribution in [0.2, 0.25) is 0 Å². The minimum atomic E-state index is 0.141. The zero-order valence-corrected chi connectivity index (χ0v) is 8.67. The number of aliphatic hydroxyl groups is 1. The smallest absolute Gasteiger partial charge is 0.242 e. The maximum absolute atomic E-state index is 11.8. The number of aromatic nitrogens is 1. The molecule has 0 bridgehead atoms. The number of amides is 1. The highest BCUT2D eigenvalue weighted by molar-refractivity contribution is 5.76. The Morgan fingerprint density at radius 3 is 2.73 bits per heavy atom. The molecule has 4 nitrogen and oxygen atoms in total. The van der Waals surface area contributed by atoms with Gasteiger partial charge in [-0.05, 0) is 18.6 Å². The molecule has 2 rings (SSSR count). The van der Waals surface area contributed by atoms with Gasteiger partial charge in [-0.25, -0.2) is 0 Å². The minimum Gasteiger partial charge on any atom is -0.396 e. The molecule has 0 radical (unpaired) electrons. The molecule has 2 heterocycles. The normalized spacial score (nSPS) is 20.9. The van der Waals surface area contributed by atoms with Crippen LogP contribution in [0.3, 0.4) is 0 Å². The van der Waals surface area contributed by atoms with Crippen LogP contribution in [0.4, 0.5) is 0 Å². The van der Waals surface area contributed by atoms with E-state index in [1.807, 2.05) is 34.0 Å². The zero-order chi connectivity index (χ0) is 10.7. The van der Waals surface area contributed by atoms with Crippen molar-refractivity contribution in [3.63, 3.8) is 0 Å². The molecule has 1 N–H and O–H groups in total. The van der Waals surface area contributed by atoms with Gasteiger partial charge >= 0.3 is 0 Å². The van der Waals surface area contributed by atoms with Crippen LogP contribution in [-0.4, -0.2) is 40.2 Å². The van der Waals surface area contributed by atoms with Crippen LogP contribution in [0.5, 0.6) is 0 Å². The average Bonchev–Trinajstić information content (AvgIpc) is 2.86. The maximum atomic E-state index is 11.8. The summed E-state index contributed by atoms with van der Waals surface area (Å²) in [6.45, 7) is 2.08. The van der Waals surface area contributed by atoms with Gasteiger partial charge in [0.05, 0.1) is 0 Å². The number of rotatable bonds is 3. The second kappa shape index (κ2) is 4.49. The number of hydrogen-bond acceptors (Lipinski definition) is 2. The van der Waals surface area contributed by atoms with E-state index >= 15 is 0 Å². The summed E-state index contributed by atoms with van der Waals surface area (Å²) in [6, 6.07) is 3.82. The first kappa shape index (κ1) is 10.2. The number of aliphatic hydroxyl groups excluding tert-OH is 1. The standard InChI is InChI=1S/C11H16N2O2/c14-9-10-3-6-13(7-10)11(15)8-12-4-1-2-5-12/h1-2,4-5,10,14H,3,6-9H2/t10-/m0/s1. The SMILES string of the molecule is O=C(Cn1cccc1)N1CC[C@H](CO)C1. The summed E-state index contributed by atoms with van der Waals surface area (Å²) >= 11 is 0. The third-order valence-corrected chi connectivity index (χ3v) is 2.88. The van der Waals surface area contributed by atoms with Gasteiger partial charge in [0, 0.05) is 38.0 Å². The van der Waals surface area contributed by atoms with Gasteiger partial charge in [-0.1, -0.05) is 0 Å². The van der Waals surface area contributed by atoms with Crippen LogP contribution >= 0.6 is 0 Å². The third kappa shape index (κ3) is 2.39. The second-order valence-corrected chi connectivity index (χ2v) is 4.03. The Morgan fingerprint density at radius 1 is 1.40 bits per heavy atom. The zero-order valence-electron chi connectivity index (χ0n) is 8.67. The van der Waals surface area contributed by atoms with Crippen LogP contribution in [0.15, 0.2) is 24.5 Å². The number of carbonyl (C=O) groups is 1. The Bertz CT molecular complexity index is 321. The summed E-state index contributed by atoms with van der Waals surface area (Å²) in [7, 11) is 0. The molecule has 1 aromatic heterocycles. The fourth-order valence-corrected chi connectivity index (χ4v) is 1.94. The van der Waals surface area contributed by atoms with Gasteiger partial charge < -0.3 is 14.6 Å². The predicted octanol–water partition coefficient (Wildman–Crippen LogP) is 0.329. The summed E-state index contributed by atoms with van der Waals surface area (Å²) in [6.07, 6.45) is 4.70. The van der Waals surface area contributed by atoms with Crippen LogP contribution in [0, 0.1) is 5.92 Å². The third-order valence-electron chi connectivity index (χ3n) is 2.88. The number of nitrogens with zero attached hydrogens (tertiary/aromatic N) is 2. The van der Waals surface area contributed by atoms with Gasteiger partial charge in [0.1, 0.15) is 6.54 Å². The molecule has 0 aliphatic carbocycles. The molecule has 0 spiro atoms. The van der Waals surface area contributed by atoms with Gasteiger partial charge in [0.15, 0.2) is 0 Å². The van der Waals surface area contributed by atoms with Crippen molar-refractivity contribution in [3.8, 4) is 0 Å². The van der Waals surface area contributed by atoms with Gasteiger partial charge in [-0.2, -0.15) is 0 Å². The lowest BCUT2D eigenvalue weighted by Crippen LogP contribution is -2.31. The summed E-state index contributed by atoms with van der Waals surface area (Å²) in [5.74, 6) is 0.417. The monoisotopic (exact) mass is 208 g/mol. The van der Waals surface area contributed by atoms with E-state index in [1.54, 1.807) is 0 Å². The molecule has 0 unspecified atom stereocenters. The van der Waals surface area contributed by atoms with Gasteiger partial charge in [-0.15, -0.1) is 0 Å². The molecule has 1 aliphatic rings. The first-order valence-electron chi connectivity index (χ1n) is 5.29. The van der Waals surface area contributed by atoms with Crippen LogP contribution in [0.1, 0.15) is 6.42 Å². The molecule has 0 aromatic carbocycles. The molecule has 1 amide bonds. The first-order valence-corrected chi connectivity index (χ1v) is 5.29. The van der Waals surface area contributed by atoms with Crippen molar-refractivity contribution in [3.05, 3.63) is 24.5 Å². The molecule has 1 saturated heterocycles. The van der Waals surface area contributed by atoms with E-state index in [1.165, 1.54) is 0 Å². The number of hydrogen-bond donors (Lipinski definition) is 1. The Balaban J connectivity index is 1.87. The lowest BCUT2D eigenvalue weighted by molar-refractivity contribution is -0.130. The van der Waals surface area contributed by atoms with Crippen LogP contribution in [0.25, 0.3) is 0 Å². The van der Waals surface area contributed by atoms with Gasteiger partial charge in [0.25, 0.3) is 0 Å². The Morgan fingerprint density at radius 2 is 2.13 bits per heavy atom. The van der Waals surface area contributed by atoms with E-state index < -0.39 is 0 Å². The number of likely N-dealkylation sites (tertiary alicyclic amines) is 1. The molecule has 1 aliphatic heterocycles. The van der Waals surface area contributed by atoms with Crippen molar-refractivity contribution in [1.82, 2.24) is 9.47 Å². The van der Waals surface area contributed by atoms with Crippen molar-refractivity contribution < 1.29 is 9.90 Å². The van der Waals surface area contributed by atoms with E-state index in [9.17, 15) is 4.79 Å². The van der Waals surface area contributed by atoms with E-state index in [-0.39, 0.29) is 18.4 Å². The second-order valence-electron chi connectivity index (χ2n) is 4.03. The lowest BCUT2D eigenvalue weighted by Gasteiger charge is -2.16. The summed E-state index contributed by atoms with van der Waals surface area (Å²) < 4.78 is 1.87. The van der Waals surface area contributed by atoms with Crippen LogP contribution in [-0.2, 0) is 11.3 Å². The quantitative estimate of drug-likeness (QED) is 0.778. The van der Waals surface area contributed by atoms with Crippen molar-refractivity contribution in [2.24, 2.45) is 5.92 Å². The minimum absolute atomic E-state index is 0.141. The van der Waals surface area contributed by atoms with Crippen molar-refractivity contribution in [1.29, 1.82) is 0 Å². The van der Waals surface area contributed by atoms with E-state index in [4.69, 9.17) is 5.11 Å². The molecule has 4 heteroatoms. The lowest BCUT2D eigenvalue weighted by atomic mass is 10.1. The van der Waals surface area contributed by atoms with Gasteiger partial charge in [-0.3, -0.25) is 4.79 Å². The molecule has 1 aromatic rings. The highest BCUT2D eigenvalue weighted by atomic mass is 16.3. The summed E-state index contributed by atoms with van der Waals surface area (Å²) in [5, 5.41) is 8.98. The van der Waals surface area contributed by atoms with Crippen LogP contribution < -0.4 is 0 Å². The molecule has 1 atom stereocenters. The van der Waals surface area contributed by atoms with E-state index in [2.05, 4.69) is 0 Å². The molecule has 1 fully saturated rings. The van der Waals surface area contributed by atoms with Crippen molar-refractivity contribution in [2.75, 3.05) is 19.7 Å². The Hall–Kier alpha value is -1.29. The van der Waals surface area contributed by atoms with Gasteiger partial charge in [0.2, 0.25) is 5.91 Å². The first-order chi connectivity index (χ1) is 7.29. The summed E-state index contributed by atoms with van der Waals surface area (Å²) in [4.78, 5) is 13.6. The fourth-order valence-electron chi connectivity index (χ4n) is 1.94. The predicted molar refractivity (Wildman–Crippen MR) is 56.2 cm³/mol. The largest absolute Gasteiger partial charge is 0.396 e. The Kier molecular flexibility index (Phi) is 3.06. The molecule has 0 saturated carbocycles. The highest BCUT2D eigenvalue weighted by Crippen LogP contribution is 2.15. The van der Waals surface area contributed by atoms with E-state index in [0.29, 0.717) is 13.1 Å². The topological polar surface area (TPSA) is 45.5 Å². The number of carbonyl (C=O) groups excluding carboxylic acids is 1.